The molecular weight excluding hydrogens is 350 g/mol. The van der Waals surface area contributed by atoms with Crippen molar-refractivity contribution in [2.24, 2.45) is 0 Å². The highest BCUT2D eigenvalue weighted by molar-refractivity contribution is 8.10. The van der Waals surface area contributed by atoms with E-state index in [4.69, 9.17) is 9.11 Å². The van der Waals surface area contributed by atoms with Crippen LogP contribution in [0, 0.1) is 0 Å². The third-order valence-corrected chi connectivity index (χ3v) is 6.35. The number of anilines is 1. The van der Waals surface area contributed by atoms with Gasteiger partial charge in [0.2, 0.25) is 9.57 Å². The van der Waals surface area contributed by atoms with E-state index in [0.29, 0.717) is 5.69 Å². The van der Waals surface area contributed by atoms with Gasteiger partial charge in [-0.25, -0.2) is 8.42 Å². The van der Waals surface area contributed by atoms with Crippen LogP contribution < -0.4 is 4.90 Å². The number of amides is 1. The molecule has 2 rings (SSSR count). The third kappa shape index (κ3) is 3.44. The van der Waals surface area contributed by atoms with Crippen LogP contribution in [0.5, 0.6) is 0 Å². The number of rotatable bonds is 5. The monoisotopic (exact) mass is 361 g/mol. The number of carbonyl (C=O) groups excluding carboxylic acids is 1. The minimum atomic E-state index is -4.40. The van der Waals surface area contributed by atoms with Gasteiger partial charge in [0.05, 0.1) is 10.6 Å². The van der Waals surface area contributed by atoms with Crippen molar-refractivity contribution in [2.75, 3.05) is 11.4 Å². The molecule has 0 aromatic heterocycles. The van der Waals surface area contributed by atoms with Gasteiger partial charge in [0.25, 0.3) is 24.7 Å². The van der Waals surface area contributed by atoms with E-state index >= 15 is 0 Å². The Morgan fingerprint density at radius 3 is 2.36 bits per heavy atom. The van der Waals surface area contributed by atoms with E-state index in [1.54, 1.807) is 0 Å². The Hall–Kier alpha value is -1.53. The maximum absolute atomic E-state index is 12.1. The Balaban J connectivity index is 2.31. The molecule has 1 aliphatic heterocycles. The molecule has 1 aromatic carbocycles. The maximum Gasteiger partial charge on any atom is 0.294 e. The molecule has 1 aromatic rings. The Kier molecular flexibility index (Phi) is 4.28. The van der Waals surface area contributed by atoms with E-state index < -0.39 is 34.3 Å². The van der Waals surface area contributed by atoms with Crippen molar-refractivity contribution in [1.29, 1.82) is 0 Å². The molecule has 0 fully saturated rings. The summed E-state index contributed by atoms with van der Waals surface area (Å²) in [5.41, 5.74) is 0.688. The fourth-order valence-corrected chi connectivity index (χ4v) is 4.18. The highest BCUT2D eigenvalue weighted by Gasteiger charge is 2.32. The van der Waals surface area contributed by atoms with Crippen LogP contribution in [0.2, 0.25) is 6.04 Å². The van der Waals surface area contributed by atoms with Crippen molar-refractivity contribution >= 4 is 45.5 Å². The van der Waals surface area contributed by atoms with Crippen LogP contribution in [0.25, 0.3) is 5.57 Å². The van der Waals surface area contributed by atoms with Crippen LogP contribution >= 0.6 is 0 Å². The minimum absolute atomic E-state index is 0.0360. The molecule has 1 heterocycles. The molecule has 2 N–H and O–H groups in total. The highest BCUT2D eigenvalue weighted by atomic mass is 32.4. The van der Waals surface area contributed by atoms with Crippen LogP contribution in [0.15, 0.2) is 29.7 Å². The van der Waals surface area contributed by atoms with Gasteiger partial charge in [0.15, 0.2) is 0 Å². The lowest BCUT2D eigenvalue weighted by Gasteiger charge is -2.16. The van der Waals surface area contributed by atoms with E-state index in [0.717, 1.165) is 12.1 Å². The first-order valence-corrected chi connectivity index (χ1v) is 10.7. The van der Waals surface area contributed by atoms with Gasteiger partial charge in [-0.1, -0.05) is 6.58 Å². The summed E-state index contributed by atoms with van der Waals surface area (Å²) >= 11 is 0. The van der Waals surface area contributed by atoms with Crippen LogP contribution in [-0.4, -0.2) is 47.1 Å². The number of fused-ring (bicyclic) bond motifs is 1. The first-order valence-electron chi connectivity index (χ1n) is 5.85. The summed E-state index contributed by atoms with van der Waals surface area (Å²) in [7, 11) is -9.25. The van der Waals surface area contributed by atoms with Gasteiger partial charge in [0.1, 0.15) is 0 Å². The van der Waals surface area contributed by atoms with Crippen molar-refractivity contribution in [3.05, 3.63) is 30.3 Å². The van der Waals surface area contributed by atoms with Crippen LogP contribution in [0.1, 0.15) is 5.56 Å². The molecule has 0 saturated carbocycles. The number of benzene rings is 1. The molecule has 0 bridgehead atoms. The average Bonchev–Trinajstić information content (AvgIpc) is 2.61. The summed E-state index contributed by atoms with van der Waals surface area (Å²) in [6.45, 7) is 3.61. The summed E-state index contributed by atoms with van der Waals surface area (Å²) in [5, 5.41) is 0. The molecule has 0 spiro atoms. The predicted molar refractivity (Wildman–Crippen MR) is 79.8 cm³/mol. The molecule has 0 saturated heterocycles. The molecule has 22 heavy (non-hydrogen) atoms. The molecule has 0 atom stereocenters. The van der Waals surface area contributed by atoms with Crippen molar-refractivity contribution in [3.63, 3.8) is 0 Å². The lowest BCUT2D eigenvalue weighted by Crippen LogP contribution is -2.28. The van der Waals surface area contributed by atoms with Crippen LogP contribution in [0.4, 0.5) is 5.69 Å². The van der Waals surface area contributed by atoms with E-state index in [1.807, 2.05) is 0 Å². The standard InChI is InChI=1S/C11H11NO7S2Si/c1-7-9-6-8(20(14,15)16)2-3-10(9)12(11(7)13)4-5-22-21(17,18)19/h2-3,6H,1,4-5H2,(H,14,15,16)(H,17,18,19). The van der Waals surface area contributed by atoms with Crippen LogP contribution in [0.3, 0.4) is 0 Å². The third-order valence-electron chi connectivity index (χ3n) is 3.00. The van der Waals surface area contributed by atoms with Crippen molar-refractivity contribution in [3.8, 4) is 0 Å². The fraction of sp³-hybridized carbons (Fsp3) is 0.182. The summed E-state index contributed by atoms with van der Waals surface area (Å²) in [4.78, 5) is 13.0. The number of carbonyl (C=O) groups is 1. The van der Waals surface area contributed by atoms with Gasteiger partial charge in [-0.05, 0) is 24.2 Å². The first-order chi connectivity index (χ1) is 10.0. The van der Waals surface area contributed by atoms with Gasteiger partial charge in [-0.2, -0.15) is 8.42 Å². The summed E-state index contributed by atoms with van der Waals surface area (Å²) < 4.78 is 61.4. The van der Waals surface area contributed by atoms with Crippen molar-refractivity contribution in [1.82, 2.24) is 0 Å². The van der Waals surface area contributed by atoms with Gasteiger partial charge in [-0.3, -0.25) is 13.9 Å². The number of hydrogen-bond acceptors (Lipinski definition) is 5. The Morgan fingerprint density at radius 2 is 1.82 bits per heavy atom. The summed E-state index contributed by atoms with van der Waals surface area (Å²) in [5.74, 6) is -0.484. The predicted octanol–water partition coefficient (Wildman–Crippen LogP) is 0.218. The SMILES string of the molecule is C=C1C(=O)N(CC[Si]S(=O)(=O)O)c2ccc(S(=O)(=O)O)cc21. The van der Waals surface area contributed by atoms with E-state index in [-0.39, 0.29) is 28.6 Å². The maximum atomic E-state index is 12.1. The van der Waals surface area contributed by atoms with Gasteiger partial charge >= 0.3 is 0 Å². The van der Waals surface area contributed by atoms with Gasteiger partial charge in [-0.15, -0.1) is 0 Å². The number of nitrogens with zero attached hydrogens (tertiary/aromatic N) is 1. The lowest BCUT2D eigenvalue weighted by molar-refractivity contribution is -0.112. The Bertz CT molecular complexity index is 860. The number of hydrogen-bond donors (Lipinski definition) is 2. The molecular formula is C11H11NO7S2Si. The van der Waals surface area contributed by atoms with Gasteiger partial charge in [0, 0.05) is 17.7 Å². The second kappa shape index (κ2) is 5.59. The zero-order valence-corrected chi connectivity index (χ0v) is 13.7. The first kappa shape index (κ1) is 16.8. The highest BCUT2D eigenvalue weighted by Crippen LogP contribution is 2.37. The summed E-state index contributed by atoms with van der Waals surface area (Å²) in [6.07, 6.45) is 0. The van der Waals surface area contributed by atoms with Crippen LogP contribution in [-0.2, 0) is 24.5 Å². The topological polar surface area (TPSA) is 129 Å². The van der Waals surface area contributed by atoms with Crippen molar-refractivity contribution < 1.29 is 30.7 Å². The molecule has 0 aliphatic carbocycles. The van der Waals surface area contributed by atoms with Crippen molar-refractivity contribution in [2.45, 2.75) is 10.9 Å². The Labute approximate surface area is 129 Å². The molecule has 2 radical (unpaired) electrons. The zero-order valence-electron chi connectivity index (χ0n) is 11.1. The minimum Gasteiger partial charge on any atom is -0.308 e. The second-order valence-electron chi connectivity index (χ2n) is 4.46. The Morgan fingerprint density at radius 1 is 1.18 bits per heavy atom. The molecule has 0 unspecified atom stereocenters. The molecule has 1 amide bonds. The van der Waals surface area contributed by atoms with E-state index in [2.05, 4.69) is 6.58 Å². The lowest BCUT2D eigenvalue weighted by atomic mass is 10.1. The van der Waals surface area contributed by atoms with E-state index in [9.17, 15) is 21.6 Å². The molecule has 8 nitrogen and oxygen atoms in total. The van der Waals surface area contributed by atoms with E-state index in [1.165, 1.54) is 11.0 Å². The summed E-state index contributed by atoms with van der Waals surface area (Å²) in [6, 6.07) is 3.65. The molecule has 1 aliphatic rings. The molecule has 11 heteroatoms. The average molecular weight is 361 g/mol. The fourth-order valence-electron chi connectivity index (χ4n) is 2.05. The largest absolute Gasteiger partial charge is 0.308 e. The second-order valence-corrected chi connectivity index (χ2v) is 10.0. The van der Waals surface area contributed by atoms with Gasteiger partial charge < -0.3 is 4.90 Å². The molecule has 118 valence electrons. The normalized spacial score (nSPS) is 15.3. The smallest absolute Gasteiger partial charge is 0.294 e. The zero-order chi connectivity index (χ0) is 16.7. The quantitative estimate of drug-likeness (QED) is 0.436.